The number of fused-ring (bicyclic) bond motifs is 2. The molecule has 0 spiro atoms. The number of carbonyl (C=O) groups excluding carboxylic acids is 12. The predicted octanol–water partition coefficient (Wildman–Crippen LogP) is 0.625. The van der Waals surface area contributed by atoms with Gasteiger partial charge in [0.25, 0.3) is 0 Å². The number of nitrogens with two attached hydrogens (primary N) is 3. The molecule has 4 heterocycles. The molecule has 38 heteroatoms. The minimum Gasteiger partial charge on any atom is -0.391 e. The van der Waals surface area contributed by atoms with Gasteiger partial charge in [0, 0.05) is 94.8 Å². The molecule has 11 amide bonds. The van der Waals surface area contributed by atoms with Crippen LogP contribution in [0.1, 0.15) is 197 Å². The zero-order chi connectivity index (χ0) is 87.2. The lowest BCUT2D eigenvalue weighted by molar-refractivity contribution is -0.143. The quantitative estimate of drug-likeness (QED) is 0.0164. The number of nitrogens with zero attached hydrogens (tertiary/aromatic N) is 4. The van der Waals surface area contributed by atoms with Gasteiger partial charge in [0.2, 0.25) is 65.0 Å². The van der Waals surface area contributed by atoms with Gasteiger partial charge in [-0.2, -0.15) is 0 Å². The van der Waals surface area contributed by atoms with E-state index in [1.165, 1.54) is 57.8 Å². The van der Waals surface area contributed by atoms with Crippen molar-refractivity contribution in [1.82, 2.24) is 89.0 Å². The summed E-state index contributed by atoms with van der Waals surface area (Å²) in [5.74, 6) is -7.53. The Bertz CT molecular complexity index is 3780. The summed E-state index contributed by atoms with van der Waals surface area (Å²) in [5, 5.41) is 64.3. The van der Waals surface area contributed by atoms with Crippen molar-refractivity contribution >= 4 is 87.6 Å². The summed E-state index contributed by atoms with van der Waals surface area (Å²) in [6.45, 7) is 2.68. The first-order valence-electron chi connectivity index (χ1n) is 43.2. The van der Waals surface area contributed by atoms with E-state index < -0.39 is 127 Å². The van der Waals surface area contributed by atoms with Crippen LogP contribution in [0.2, 0.25) is 0 Å². The van der Waals surface area contributed by atoms with Crippen molar-refractivity contribution in [2.45, 2.75) is 254 Å². The van der Waals surface area contributed by atoms with E-state index in [1.54, 1.807) is 36.5 Å². The second-order valence-corrected chi connectivity index (χ2v) is 30.8. The summed E-state index contributed by atoms with van der Waals surface area (Å²) in [4.78, 5) is 172. The number of amides is 11. The van der Waals surface area contributed by atoms with Crippen molar-refractivity contribution < 1.29 is 81.6 Å². The average molecular weight is 1700 g/mol. The number of aliphatic hydroxyl groups excluding tert-OH is 1. The van der Waals surface area contributed by atoms with Crippen molar-refractivity contribution in [3.8, 4) is 0 Å². The van der Waals surface area contributed by atoms with Crippen LogP contribution < -0.4 is 75.7 Å². The highest BCUT2D eigenvalue weighted by Gasteiger charge is 2.44. The Hall–Kier alpha value is -10.1. The third kappa shape index (κ3) is 40.4. The molecule has 2 aromatic carbocycles. The molecule has 2 saturated heterocycles. The Labute approximate surface area is 708 Å². The van der Waals surface area contributed by atoms with Gasteiger partial charge in [-0.1, -0.05) is 139 Å². The Morgan fingerprint density at radius 3 is 1.89 bits per heavy atom. The number of rotatable bonds is 50. The number of nitrogens with one attached hydrogen (secondary N) is 14. The fourth-order valence-corrected chi connectivity index (χ4v) is 14.2. The Morgan fingerprint density at radius 1 is 0.612 bits per heavy atom. The van der Waals surface area contributed by atoms with Crippen molar-refractivity contribution in [2.75, 3.05) is 98.7 Å². The molecular weight excluding hydrogens is 1560 g/mol. The maximum atomic E-state index is 15.2. The van der Waals surface area contributed by atoms with Gasteiger partial charge in [-0.3, -0.25) is 62.9 Å². The number of para-hydroxylation sites is 1. The lowest BCUT2D eigenvalue weighted by atomic mass is 10.0. The van der Waals surface area contributed by atoms with Gasteiger partial charge >= 0.3 is 0 Å². The van der Waals surface area contributed by atoms with Gasteiger partial charge < -0.3 is 110 Å². The minimum atomic E-state index is -1.53. The Balaban J connectivity index is 0.969. The van der Waals surface area contributed by atoms with Crippen molar-refractivity contribution in [2.24, 2.45) is 17.2 Å². The van der Waals surface area contributed by atoms with Gasteiger partial charge in [-0.15, -0.1) is 5.10 Å². The molecule has 4 aromatic rings. The molecule has 121 heavy (non-hydrogen) atoms. The van der Waals surface area contributed by atoms with E-state index in [2.05, 4.69) is 84.1 Å². The van der Waals surface area contributed by atoms with E-state index >= 15 is 4.79 Å². The summed E-state index contributed by atoms with van der Waals surface area (Å²) < 4.78 is 21.9. The molecule has 2 fully saturated rings. The van der Waals surface area contributed by atoms with E-state index in [9.17, 15) is 57.8 Å². The number of Topliss-reactive ketones (excluding diaryl/α,β-unsaturated/α-hetero) is 1. The Morgan fingerprint density at radius 2 is 1.22 bits per heavy atom. The number of benzene rings is 2. The topological polar surface area (TPSA) is 570 Å². The fourth-order valence-electron chi connectivity index (χ4n) is 14.2. The predicted molar refractivity (Wildman–Crippen MR) is 451 cm³/mol. The van der Waals surface area contributed by atoms with Crippen LogP contribution >= 0.6 is 0 Å². The molecule has 0 aliphatic carbocycles. The third-order valence-electron chi connectivity index (χ3n) is 20.9. The average Bonchev–Trinajstić information content (AvgIpc) is 1.80. The normalized spacial score (nSPS) is 19.4. The molecule has 0 saturated carbocycles. The van der Waals surface area contributed by atoms with Crippen LogP contribution in [0, 0.1) is 5.41 Å². The lowest BCUT2D eigenvalue weighted by Gasteiger charge is -2.31. The van der Waals surface area contributed by atoms with Gasteiger partial charge in [-0.25, -0.2) is 5.10 Å². The van der Waals surface area contributed by atoms with Crippen molar-refractivity contribution in [1.29, 1.82) is 5.41 Å². The maximum absolute atomic E-state index is 15.2. The summed E-state index contributed by atoms with van der Waals surface area (Å²) in [5.41, 5.74) is 19.4. The van der Waals surface area contributed by atoms with E-state index in [1.807, 2.05) is 31.2 Å². The standard InChI is InChI=1S/C83H133N21O17/c1-2-3-30-64(96-80(115)69(52-84)93-74(109)56-121-48-46-119-44-42-90-73(108)55-120-47-45-118-43-41-89-72(107)35-19-14-12-10-8-6-4-5-7-9-11-13-18-34-71-100-102-103-101-71)76(111)97-66-37-36-59(105)28-24-39-88-38-23-22-32-63(75(85)110)94-79(114)68(50-58-53-92-62-31-21-20-29-61(58)62)98-77(112)65(33-25-40-91-83(86)87)95-78(113)67(49-57-26-16-15-17-27-57)99-81(116)70-51-60(106)54-104(70)82(66)117/h15-17,20-21,26-27,29,31,53,60,63-70,88,92,106H,2-14,18-19,22-25,28,30,32-52,54-56,84H2,1H3,(H2,85,110)(H,89,107)(H,90,108)(H,93,109)(H,94,114)(H,95,113)(H,96,115)(H,97,111)(H,98,112)(H,99,116)(H4,86,87,91)(H,100,101,102,103)/t60-,63+,64+,65+,66+,67-,68+,69+,70+/m1/s1. The molecule has 9 atom stereocenters. The van der Waals surface area contributed by atoms with E-state index in [0.29, 0.717) is 75.9 Å². The molecular formula is C83H133N21O17. The molecule has 0 unspecified atom stereocenters. The number of guanidine groups is 1. The summed E-state index contributed by atoms with van der Waals surface area (Å²) in [7, 11) is 0. The number of aromatic nitrogens is 5. The number of primary amides is 1. The molecule has 0 bridgehead atoms. The van der Waals surface area contributed by atoms with Gasteiger partial charge in [0.05, 0.1) is 45.7 Å². The smallest absolute Gasteiger partial charge is 0.246 e. The maximum Gasteiger partial charge on any atom is 0.246 e. The van der Waals surface area contributed by atoms with Gasteiger partial charge in [0.15, 0.2) is 5.96 Å². The van der Waals surface area contributed by atoms with Crippen molar-refractivity contribution in [3.05, 3.63) is 77.7 Å². The monoisotopic (exact) mass is 1700 g/mol. The van der Waals surface area contributed by atoms with Crippen LogP contribution in [0.15, 0.2) is 60.8 Å². The molecule has 2 aromatic heterocycles. The highest BCUT2D eigenvalue weighted by molar-refractivity contribution is 5.99. The molecule has 2 aliphatic heterocycles. The number of H-pyrrole nitrogens is 2. The number of aryl methyl sites for hydroxylation is 1. The molecule has 38 nitrogen and oxygen atoms in total. The third-order valence-corrected chi connectivity index (χ3v) is 20.9. The number of hydrogen-bond acceptors (Lipinski definition) is 23. The molecule has 672 valence electrons. The second kappa shape index (κ2) is 58.8. The second-order valence-electron chi connectivity index (χ2n) is 30.8. The summed E-state index contributed by atoms with van der Waals surface area (Å²) >= 11 is 0. The number of unbranched alkanes of at least 4 members (excludes halogenated alkanes) is 13. The zero-order valence-electron chi connectivity index (χ0n) is 70.3. The van der Waals surface area contributed by atoms with Gasteiger partial charge in [0.1, 0.15) is 73.2 Å². The van der Waals surface area contributed by atoms with E-state index in [4.69, 9.17) is 41.6 Å². The number of carbonyl (C=O) groups is 12. The van der Waals surface area contributed by atoms with Gasteiger partial charge in [-0.05, 0) is 105 Å². The lowest BCUT2D eigenvalue weighted by Crippen LogP contribution is -2.60. The molecule has 21 N–H and O–H groups in total. The largest absolute Gasteiger partial charge is 0.391 e. The number of tetrazole rings is 1. The Kier molecular flexibility index (Phi) is 48.4. The van der Waals surface area contributed by atoms with Crippen LogP contribution in [0.3, 0.4) is 0 Å². The van der Waals surface area contributed by atoms with Crippen LogP contribution in [-0.2, 0) is 95.7 Å². The number of aliphatic hydroxyl groups is 1. The number of aromatic amines is 2. The SMILES string of the molecule is CCCC[C@H](NC(=O)[C@H](CN)NC(=O)COCCOCCNC(=O)COCCOCCNC(=O)CCCCCCCCCCCCCCCc1nnn[nH]1)C(=O)N[C@H]1CCC(=O)CCCNCCCC[C@@H](C(N)=O)NC(=O)[C@H](Cc2c[nH]c3ccccc23)NC(=O)[C@H](CCCNC(=N)N)NC(=O)[C@@H](Cc2ccccc2)NC(=O)[C@@H]2C[C@@H](O)CN2C1=O. The molecule has 2 aliphatic rings. The van der Waals surface area contributed by atoms with Crippen LogP contribution in [0.4, 0.5) is 0 Å². The summed E-state index contributed by atoms with van der Waals surface area (Å²) in [6, 6.07) is 4.84. The number of ketones is 1. The molecule has 6 rings (SSSR count). The van der Waals surface area contributed by atoms with Crippen LogP contribution in [0.5, 0.6) is 0 Å². The summed E-state index contributed by atoms with van der Waals surface area (Å²) in [6.07, 6.45) is 18.7. The minimum absolute atomic E-state index is 0.00155. The number of ether oxygens (including phenoxy) is 4. The first-order chi connectivity index (χ1) is 58.6. The first kappa shape index (κ1) is 99.7. The highest BCUT2D eigenvalue weighted by Crippen LogP contribution is 2.24. The fraction of sp³-hybridized carbons (Fsp3) is 0.663. The zero-order valence-corrected chi connectivity index (χ0v) is 70.3. The highest BCUT2D eigenvalue weighted by atomic mass is 16.5. The first-order valence-corrected chi connectivity index (χ1v) is 43.2. The molecule has 0 radical (unpaired) electrons. The van der Waals surface area contributed by atoms with E-state index in [0.717, 1.165) is 53.7 Å². The van der Waals surface area contributed by atoms with E-state index in [-0.39, 0.29) is 140 Å². The van der Waals surface area contributed by atoms with Crippen LogP contribution in [-0.4, -0.2) is 265 Å². The number of hydrogen-bond donors (Lipinski definition) is 18. The van der Waals surface area contributed by atoms with Crippen LogP contribution in [0.25, 0.3) is 10.9 Å². The van der Waals surface area contributed by atoms with Crippen molar-refractivity contribution in [3.63, 3.8) is 0 Å².